The number of amides is 3. The number of rotatable bonds is 6. The van der Waals surface area contributed by atoms with E-state index in [1.165, 1.54) is 12.1 Å². The smallest absolute Gasteiger partial charge is 0.312 e. The van der Waals surface area contributed by atoms with Crippen molar-refractivity contribution in [3.8, 4) is 0 Å². The molecule has 10 heteroatoms. The molecule has 2 aromatic rings. The topological polar surface area (TPSA) is 122 Å². The van der Waals surface area contributed by atoms with Crippen LogP contribution in [0.1, 0.15) is 18.0 Å². The number of hydrogen-bond donors (Lipinski definition) is 2. The van der Waals surface area contributed by atoms with E-state index in [0.717, 1.165) is 15.7 Å². The molecule has 3 rings (SSSR count). The van der Waals surface area contributed by atoms with E-state index < -0.39 is 17.0 Å². The Morgan fingerprint density at radius 2 is 1.80 bits per heavy atom. The van der Waals surface area contributed by atoms with Crippen LogP contribution in [-0.2, 0) is 4.79 Å². The third kappa shape index (κ3) is 5.47. The van der Waals surface area contributed by atoms with Crippen molar-refractivity contribution in [1.29, 1.82) is 0 Å². The Hall–Kier alpha value is -3.14. The average molecular weight is 476 g/mol. The van der Waals surface area contributed by atoms with Crippen LogP contribution in [0.15, 0.2) is 53.0 Å². The number of anilines is 1. The third-order valence-electron chi connectivity index (χ3n) is 5.00. The van der Waals surface area contributed by atoms with Crippen LogP contribution in [0.5, 0.6) is 0 Å². The van der Waals surface area contributed by atoms with Gasteiger partial charge in [0.05, 0.1) is 17.4 Å². The molecular weight excluding hydrogens is 454 g/mol. The zero-order valence-corrected chi connectivity index (χ0v) is 17.7. The van der Waals surface area contributed by atoms with E-state index in [9.17, 15) is 19.7 Å². The molecule has 1 aliphatic heterocycles. The molecule has 1 saturated heterocycles. The normalized spacial score (nSPS) is 14.8. The van der Waals surface area contributed by atoms with Gasteiger partial charge in [0.2, 0.25) is 5.91 Å². The SMILES string of the molecule is NC(=O)NC(CC(=O)N1CCN(c2ccc([N+](=O)[O-])cc2)CC1)c1cccc(Br)c1. The molecule has 0 bridgehead atoms. The highest BCUT2D eigenvalue weighted by atomic mass is 79.9. The Morgan fingerprint density at radius 1 is 1.13 bits per heavy atom. The van der Waals surface area contributed by atoms with E-state index in [1.54, 1.807) is 17.0 Å². The number of nitrogens with zero attached hydrogens (tertiary/aromatic N) is 3. The van der Waals surface area contributed by atoms with Crippen LogP contribution >= 0.6 is 15.9 Å². The predicted octanol–water partition coefficient (Wildman–Crippen LogP) is 2.81. The number of nitrogens with two attached hydrogens (primary N) is 1. The molecule has 1 atom stereocenters. The summed E-state index contributed by atoms with van der Waals surface area (Å²) >= 11 is 3.40. The number of urea groups is 1. The van der Waals surface area contributed by atoms with Crippen molar-refractivity contribution >= 4 is 39.2 Å². The summed E-state index contributed by atoms with van der Waals surface area (Å²) < 4.78 is 0.848. The number of hydrogen-bond acceptors (Lipinski definition) is 5. The van der Waals surface area contributed by atoms with Crippen LogP contribution in [0.2, 0.25) is 0 Å². The standard InChI is InChI=1S/C20H22BrN5O4/c21-15-3-1-2-14(12-15)18(23-20(22)28)13-19(27)25-10-8-24(9-11-25)16-4-6-17(7-5-16)26(29)30/h1-7,12,18H,8-11,13H2,(H3,22,23,28). The Morgan fingerprint density at radius 3 is 2.37 bits per heavy atom. The van der Waals surface area contributed by atoms with Crippen LogP contribution in [0.4, 0.5) is 16.2 Å². The highest BCUT2D eigenvalue weighted by Crippen LogP contribution is 2.24. The van der Waals surface area contributed by atoms with Gasteiger partial charge < -0.3 is 20.9 Å². The fourth-order valence-electron chi connectivity index (χ4n) is 3.45. The van der Waals surface area contributed by atoms with Crippen molar-refractivity contribution in [2.24, 2.45) is 5.73 Å². The van der Waals surface area contributed by atoms with Crippen LogP contribution < -0.4 is 16.0 Å². The first kappa shape index (κ1) is 21.6. The lowest BCUT2D eigenvalue weighted by atomic mass is 10.0. The van der Waals surface area contributed by atoms with Gasteiger partial charge in [-0.25, -0.2) is 4.79 Å². The van der Waals surface area contributed by atoms with Crippen molar-refractivity contribution in [3.05, 3.63) is 68.7 Å². The second-order valence-corrected chi connectivity index (χ2v) is 7.88. The molecule has 3 amide bonds. The van der Waals surface area contributed by atoms with E-state index in [2.05, 4.69) is 26.1 Å². The van der Waals surface area contributed by atoms with Gasteiger partial charge in [-0.05, 0) is 29.8 Å². The summed E-state index contributed by atoms with van der Waals surface area (Å²) in [7, 11) is 0. The number of nitro benzene ring substituents is 1. The number of nitrogens with one attached hydrogen (secondary N) is 1. The molecule has 0 spiro atoms. The lowest BCUT2D eigenvalue weighted by Crippen LogP contribution is -2.49. The summed E-state index contributed by atoms with van der Waals surface area (Å²) in [6, 6.07) is 12.6. The molecule has 3 N–H and O–H groups in total. The Balaban J connectivity index is 1.60. The van der Waals surface area contributed by atoms with Crippen LogP contribution in [0.25, 0.3) is 0 Å². The van der Waals surface area contributed by atoms with Gasteiger partial charge in [0.1, 0.15) is 0 Å². The molecule has 0 aliphatic carbocycles. The minimum Gasteiger partial charge on any atom is -0.368 e. The van der Waals surface area contributed by atoms with Gasteiger partial charge in [0.15, 0.2) is 0 Å². The van der Waals surface area contributed by atoms with Gasteiger partial charge in [0, 0.05) is 48.5 Å². The lowest BCUT2D eigenvalue weighted by Gasteiger charge is -2.36. The number of piperazine rings is 1. The molecule has 1 unspecified atom stereocenters. The Kier molecular flexibility index (Phi) is 6.88. The molecule has 0 radical (unpaired) electrons. The molecular formula is C20H22BrN5O4. The largest absolute Gasteiger partial charge is 0.368 e. The predicted molar refractivity (Wildman–Crippen MR) is 116 cm³/mol. The maximum Gasteiger partial charge on any atom is 0.312 e. The zero-order chi connectivity index (χ0) is 21.7. The highest BCUT2D eigenvalue weighted by molar-refractivity contribution is 9.10. The fourth-order valence-corrected chi connectivity index (χ4v) is 3.87. The molecule has 0 saturated carbocycles. The first-order valence-corrected chi connectivity index (χ1v) is 10.2. The van der Waals surface area contributed by atoms with Gasteiger partial charge in [-0.15, -0.1) is 0 Å². The number of primary amides is 1. The van der Waals surface area contributed by atoms with Crippen molar-refractivity contribution in [1.82, 2.24) is 10.2 Å². The molecule has 1 fully saturated rings. The second kappa shape index (κ2) is 9.57. The first-order valence-electron chi connectivity index (χ1n) is 9.42. The summed E-state index contributed by atoms with van der Waals surface area (Å²) in [5.74, 6) is -0.0722. The van der Waals surface area contributed by atoms with E-state index in [-0.39, 0.29) is 18.0 Å². The molecule has 1 heterocycles. The lowest BCUT2D eigenvalue weighted by molar-refractivity contribution is -0.384. The van der Waals surface area contributed by atoms with Crippen molar-refractivity contribution in [2.45, 2.75) is 12.5 Å². The maximum atomic E-state index is 12.8. The quantitative estimate of drug-likeness (QED) is 0.491. The monoisotopic (exact) mass is 475 g/mol. The Labute approximate surface area is 182 Å². The average Bonchev–Trinajstić information content (AvgIpc) is 2.73. The van der Waals surface area contributed by atoms with Gasteiger partial charge in [-0.1, -0.05) is 28.1 Å². The number of nitro groups is 1. The van der Waals surface area contributed by atoms with Crippen LogP contribution in [0.3, 0.4) is 0 Å². The minimum atomic E-state index is -0.684. The molecule has 0 aromatic heterocycles. The van der Waals surface area contributed by atoms with Gasteiger partial charge in [-0.2, -0.15) is 0 Å². The number of carbonyl (C=O) groups excluding carboxylic acids is 2. The highest BCUT2D eigenvalue weighted by Gasteiger charge is 2.25. The van der Waals surface area contributed by atoms with Crippen LogP contribution in [-0.4, -0.2) is 47.9 Å². The molecule has 158 valence electrons. The zero-order valence-electron chi connectivity index (χ0n) is 16.2. The summed E-state index contributed by atoms with van der Waals surface area (Å²) in [6.07, 6.45) is 0.108. The summed E-state index contributed by atoms with van der Waals surface area (Å²) in [4.78, 5) is 38.5. The van der Waals surface area contributed by atoms with Crippen molar-refractivity contribution in [2.75, 3.05) is 31.1 Å². The molecule has 9 nitrogen and oxygen atoms in total. The van der Waals surface area contributed by atoms with E-state index in [1.807, 2.05) is 24.3 Å². The summed E-state index contributed by atoms with van der Waals surface area (Å²) in [6.45, 7) is 2.29. The number of carbonyl (C=O) groups is 2. The summed E-state index contributed by atoms with van der Waals surface area (Å²) in [5.41, 5.74) is 7.03. The maximum absolute atomic E-state index is 12.8. The van der Waals surface area contributed by atoms with Crippen LogP contribution in [0, 0.1) is 10.1 Å². The van der Waals surface area contributed by atoms with Gasteiger partial charge >= 0.3 is 6.03 Å². The molecule has 2 aromatic carbocycles. The van der Waals surface area contributed by atoms with Crippen molar-refractivity contribution < 1.29 is 14.5 Å². The van der Waals surface area contributed by atoms with Gasteiger partial charge in [-0.3, -0.25) is 14.9 Å². The van der Waals surface area contributed by atoms with E-state index in [4.69, 9.17) is 5.73 Å². The molecule has 30 heavy (non-hydrogen) atoms. The number of benzene rings is 2. The van der Waals surface area contributed by atoms with Gasteiger partial charge in [0.25, 0.3) is 5.69 Å². The minimum absolute atomic E-state index is 0.0492. The summed E-state index contributed by atoms with van der Waals surface area (Å²) in [5, 5.41) is 13.4. The van der Waals surface area contributed by atoms with Crippen molar-refractivity contribution in [3.63, 3.8) is 0 Å². The van der Waals surface area contributed by atoms with E-state index >= 15 is 0 Å². The Bertz CT molecular complexity index is 929. The number of halogens is 1. The first-order chi connectivity index (χ1) is 14.3. The fraction of sp³-hybridized carbons (Fsp3) is 0.300. The third-order valence-corrected chi connectivity index (χ3v) is 5.50. The number of non-ortho nitro benzene ring substituents is 1. The second-order valence-electron chi connectivity index (χ2n) is 6.96. The molecule has 1 aliphatic rings. The van der Waals surface area contributed by atoms with E-state index in [0.29, 0.717) is 26.2 Å².